The van der Waals surface area contributed by atoms with E-state index in [2.05, 4.69) is 6.92 Å². The molecule has 100 valence electrons. The van der Waals surface area contributed by atoms with Crippen LogP contribution in [0.2, 0.25) is 0 Å². The van der Waals surface area contributed by atoms with Crippen molar-refractivity contribution in [2.45, 2.75) is 51.6 Å². The average molecular weight is 250 g/mol. The molecule has 1 aromatic heterocycles. The lowest BCUT2D eigenvalue weighted by Gasteiger charge is -2.17. The van der Waals surface area contributed by atoms with Crippen molar-refractivity contribution in [1.29, 1.82) is 0 Å². The maximum absolute atomic E-state index is 11.6. The minimum atomic E-state index is -0.163. The van der Waals surface area contributed by atoms with E-state index in [1.807, 2.05) is 17.0 Å². The van der Waals surface area contributed by atoms with Gasteiger partial charge in [-0.1, -0.05) is 13.3 Å². The SMILES string of the molecule is CCCCOC(=O)Cn1cc2c(c1)C(N)CCC2. The van der Waals surface area contributed by atoms with Crippen LogP contribution in [0.5, 0.6) is 0 Å². The molecule has 0 saturated heterocycles. The summed E-state index contributed by atoms with van der Waals surface area (Å²) in [6.07, 6.45) is 9.26. The summed E-state index contributed by atoms with van der Waals surface area (Å²) in [6.45, 7) is 2.90. The van der Waals surface area contributed by atoms with E-state index in [9.17, 15) is 4.79 Å². The number of nitrogens with zero attached hydrogens (tertiary/aromatic N) is 1. The van der Waals surface area contributed by atoms with Gasteiger partial charge in [-0.05, 0) is 36.8 Å². The number of carbonyl (C=O) groups is 1. The summed E-state index contributed by atoms with van der Waals surface area (Å²) < 4.78 is 7.06. The first-order valence-corrected chi connectivity index (χ1v) is 6.80. The van der Waals surface area contributed by atoms with Crippen LogP contribution in [0.4, 0.5) is 0 Å². The van der Waals surface area contributed by atoms with Crippen molar-refractivity contribution in [2.75, 3.05) is 6.61 Å². The maximum Gasteiger partial charge on any atom is 0.325 e. The third-order valence-corrected chi connectivity index (χ3v) is 3.43. The number of esters is 1. The second kappa shape index (κ2) is 6.05. The lowest BCUT2D eigenvalue weighted by atomic mass is 9.92. The smallest absolute Gasteiger partial charge is 0.325 e. The average Bonchev–Trinajstić information content (AvgIpc) is 2.73. The summed E-state index contributed by atoms with van der Waals surface area (Å²) in [4.78, 5) is 11.6. The highest BCUT2D eigenvalue weighted by molar-refractivity contribution is 5.69. The number of fused-ring (bicyclic) bond motifs is 1. The molecule has 0 bridgehead atoms. The topological polar surface area (TPSA) is 57.2 Å². The van der Waals surface area contributed by atoms with Crippen molar-refractivity contribution in [1.82, 2.24) is 4.57 Å². The normalized spacial score (nSPS) is 18.4. The van der Waals surface area contributed by atoms with Gasteiger partial charge in [0.2, 0.25) is 0 Å². The molecule has 4 heteroatoms. The minimum Gasteiger partial charge on any atom is -0.464 e. The van der Waals surface area contributed by atoms with Crippen LogP contribution in [0, 0.1) is 0 Å². The Labute approximate surface area is 108 Å². The molecular formula is C14H22N2O2. The van der Waals surface area contributed by atoms with Crippen LogP contribution in [0.1, 0.15) is 49.8 Å². The fraction of sp³-hybridized carbons (Fsp3) is 0.643. The van der Waals surface area contributed by atoms with E-state index in [-0.39, 0.29) is 12.0 Å². The van der Waals surface area contributed by atoms with Gasteiger partial charge in [-0.2, -0.15) is 0 Å². The molecule has 1 aromatic rings. The Balaban J connectivity index is 1.92. The molecule has 4 nitrogen and oxygen atoms in total. The van der Waals surface area contributed by atoms with Crippen LogP contribution >= 0.6 is 0 Å². The van der Waals surface area contributed by atoms with Crippen LogP contribution in [0.3, 0.4) is 0 Å². The zero-order valence-electron chi connectivity index (χ0n) is 11.0. The monoisotopic (exact) mass is 250 g/mol. The summed E-state index contributed by atoms with van der Waals surface area (Å²) in [5.41, 5.74) is 8.54. The van der Waals surface area contributed by atoms with Gasteiger partial charge in [0.1, 0.15) is 6.54 Å². The van der Waals surface area contributed by atoms with Crippen molar-refractivity contribution in [3.63, 3.8) is 0 Å². The van der Waals surface area contributed by atoms with Gasteiger partial charge in [-0.15, -0.1) is 0 Å². The van der Waals surface area contributed by atoms with E-state index in [1.165, 1.54) is 11.1 Å². The highest BCUT2D eigenvalue weighted by Gasteiger charge is 2.19. The van der Waals surface area contributed by atoms with Crippen molar-refractivity contribution in [3.05, 3.63) is 23.5 Å². The van der Waals surface area contributed by atoms with Crippen LogP contribution in [-0.2, 0) is 22.5 Å². The quantitative estimate of drug-likeness (QED) is 0.643. The molecular weight excluding hydrogens is 228 g/mol. The lowest BCUT2D eigenvalue weighted by molar-refractivity contribution is -0.144. The Kier molecular flexibility index (Phi) is 4.42. The first kappa shape index (κ1) is 13.1. The predicted molar refractivity (Wildman–Crippen MR) is 70.2 cm³/mol. The number of aryl methyl sites for hydroxylation is 1. The maximum atomic E-state index is 11.6. The zero-order chi connectivity index (χ0) is 13.0. The first-order chi connectivity index (χ1) is 8.70. The number of carbonyl (C=O) groups excluding carboxylic acids is 1. The molecule has 1 aliphatic rings. The molecule has 2 N–H and O–H groups in total. The zero-order valence-corrected chi connectivity index (χ0v) is 11.0. The first-order valence-electron chi connectivity index (χ1n) is 6.80. The summed E-state index contributed by atoms with van der Waals surface area (Å²) in [5.74, 6) is -0.163. The van der Waals surface area contributed by atoms with Gasteiger partial charge in [-0.25, -0.2) is 0 Å². The van der Waals surface area contributed by atoms with Crippen LogP contribution in [-0.4, -0.2) is 17.1 Å². The molecule has 0 amide bonds. The van der Waals surface area contributed by atoms with Crippen molar-refractivity contribution >= 4 is 5.97 Å². The van der Waals surface area contributed by atoms with E-state index >= 15 is 0 Å². The summed E-state index contributed by atoms with van der Waals surface area (Å²) in [7, 11) is 0. The third kappa shape index (κ3) is 3.13. The van der Waals surface area contributed by atoms with E-state index in [0.717, 1.165) is 32.1 Å². The van der Waals surface area contributed by atoms with Crippen LogP contribution in [0.15, 0.2) is 12.4 Å². The number of ether oxygens (including phenoxy) is 1. The highest BCUT2D eigenvalue weighted by Crippen LogP contribution is 2.28. The van der Waals surface area contributed by atoms with Crippen LogP contribution in [0.25, 0.3) is 0 Å². The highest BCUT2D eigenvalue weighted by atomic mass is 16.5. The number of hydrogen-bond donors (Lipinski definition) is 1. The van der Waals surface area contributed by atoms with Gasteiger partial charge in [0.15, 0.2) is 0 Å². The molecule has 0 saturated carbocycles. The molecule has 1 aliphatic carbocycles. The van der Waals surface area contributed by atoms with Gasteiger partial charge >= 0.3 is 5.97 Å². The van der Waals surface area contributed by atoms with Crippen LogP contribution < -0.4 is 5.73 Å². The molecule has 1 heterocycles. The largest absolute Gasteiger partial charge is 0.464 e. The second-order valence-corrected chi connectivity index (χ2v) is 4.98. The Bertz CT molecular complexity index is 412. The second-order valence-electron chi connectivity index (χ2n) is 4.98. The molecule has 0 fully saturated rings. The predicted octanol–water partition coefficient (Wildman–Crippen LogP) is 2.17. The minimum absolute atomic E-state index is 0.131. The van der Waals surface area contributed by atoms with Gasteiger partial charge in [-0.3, -0.25) is 4.79 Å². The van der Waals surface area contributed by atoms with E-state index in [0.29, 0.717) is 13.2 Å². The molecule has 0 aromatic carbocycles. The number of aromatic nitrogens is 1. The number of hydrogen-bond acceptors (Lipinski definition) is 3. The van der Waals surface area contributed by atoms with Gasteiger partial charge < -0.3 is 15.0 Å². The van der Waals surface area contributed by atoms with E-state index in [1.54, 1.807) is 0 Å². The Morgan fingerprint density at radius 2 is 2.39 bits per heavy atom. The van der Waals surface area contributed by atoms with Crippen molar-refractivity contribution in [2.24, 2.45) is 5.73 Å². The number of unbranched alkanes of at least 4 members (excludes halogenated alkanes) is 1. The number of rotatable bonds is 5. The summed E-state index contributed by atoms with van der Waals surface area (Å²) >= 11 is 0. The van der Waals surface area contributed by atoms with E-state index in [4.69, 9.17) is 10.5 Å². The van der Waals surface area contributed by atoms with E-state index < -0.39 is 0 Å². The van der Waals surface area contributed by atoms with Gasteiger partial charge in [0.25, 0.3) is 0 Å². The molecule has 1 atom stereocenters. The number of nitrogens with two attached hydrogens (primary N) is 1. The standard InChI is InChI=1S/C14H22N2O2/c1-2-3-7-18-14(17)10-16-8-11-5-4-6-13(15)12(11)9-16/h8-9,13H,2-7,10,15H2,1H3. The molecule has 0 spiro atoms. The Morgan fingerprint density at radius 1 is 1.56 bits per heavy atom. The Morgan fingerprint density at radius 3 is 3.11 bits per heavy atom. The molecule has 0 radical (unpaired) electrons. The fourth-order valence-electron chi connectivity index (χ4n) is 2.40. The molecule has 18 heavy (non-hydrogen) atoms. The summed E-state index contributed by atoms with van der Waals surface area (Å²) in [5, 5.41) is 0. The van der Waals surface area contributed by atoms with Crippen molar-refractivity contribution < 1.29 is 9.53 Å². The molecule has 0 aliphatic heterocycles. The fourth-order valence-corrected chi connectivity index (χ4v) is 2.40. The Hall–Kier alpha value is -1.29. The summed E-state index contributed by atoms with van der Waals surface area (Å²) in [6, 6.07) is 0.131. The van der Waals surface area contributed by atoms with Crippen molar-refractivity contribution in [3.8, 4) is 0 Å². The molecule has 1 unspecified atom stereocenters. The lowest BCUT2D eigenvalue weighted by Crippen LogP contribution is -2.15. The molecule has 2 rings (SSSR count). The van der Waals surface area contributed by atoms with Gasteiger partial charge in [0, 0.05) is 18.4 Å². The third-order valence-electron chi connectivity index (χ3n) is 3.43. The van der Waals surface area contributed by atoms with Gasteiger partial charge in [0.05, 0.1) is 6.61 Å².